The molecule has 0 aliphatic carbocycles. The van der Waals surface area contributed by atoms with Gasteiger partial charge in [0.15, 0.2) is 0 Å². The monoisotopic (exact) mass is 404 g/mol. The number of nitrogens with zero attached hydrogens (tertiary/aromatic N) is 1. The molecule has 1 aliphatic rings. The van der Waals surface area contributed by atoms with Crippen molar-refractivity contribution in [1.82, 2.24) is 9.88 Å². The second-order valence-corrected chi connectivity index (χ2v) is 8.09. The van der Waals surface area contributed by atoms with Gasteiger partial charge in [-0.15, -0.1) is 0 Å². The molecule has 2 heterocycles. The van der Waals surface area contributed by atoms with E-state index in [2.05, 4.69) is 18.0 Å². The zero-order valence-electron chi connectivity index (χ0n) is 17.6. The first-order valence-corrected chi connectivity index (χ1v) is 10.7. The minimum absolute atomic E-state index is 0.0185. The molecule has 1 N–H and O–H groups in total. The maximum atomic E-state index is 13.3. The van der Waals surface area contributed by atoms with Crippen LogP contribution < -0.4 is 5.56 Å². The van der Waals surface area contributed by atoms with Crippen molar-refractivity contribution in [3.8, 4) is 0 Å². The Bertz CT molecular complexity index is 1110. The molecule has 4 rings (SSSR count). The number of fused-ring (bicyclic) bond motifs is 1. The van der Waals surface area contributed by atoms with Gasteiger partial charge in [-0.25, -0.2) is 0 Å². The van der Waals surface area contributed by atoms with Gasteiger partial charge >= 0.3 is 0 Å². The number of carbonyl (C=O) groups excluding carboxylic acids is 1. The Kier molecular flexibility index (Phi) is 6.00. The van der Waals surface area contributed by atoms with Crippen molar-refractivity contribution in [3.63, 3.8) is 0 Å². The predicted octanol–water partition coefficient (Wildman–Crippen LogP) is 4.22. The van der Waals surface area contributed by atoms with E-state index in [0.29, 0.717) is 17.7 Å². The molecule has 1 unspecified atom stereocenters. The number of aromatic amines is 1. The maximum Gasteiger partial charge on any atom is 0.254 e. The number of hydrogen-bond acceptors (Lipinski definition) is 3. The third kappa shape index (κ3) is 4.46. The molecular weight excluding hydrogens is 376 g/mol. The second-order valence-electron chi connectivity index (χ2n) is 8.09. The first-order valence-electron chi connectivity index (χ1n) is 10.7. The Morgan fingerprint density at radius 2 is 2.07 bits per heavy atom. The van der Waals surface area contributed by atoms with E-state index in [1.807, 2.05) is 49.4 Å². The number of H-pyrrole nitrogens is 1. The molecule has 1 saturated heterocycles. The molecule has 0 spiro atoms. The summed E-state index contributed by atoms with van der Waals surface area (Å²) in [6.45, 7) is 5.55. The number of rotatable bonds is 6. The number of benzene rings is 2. The van der Waals surface area contributed by atoms with Gasteiger partial charge in [-0.05, 0) is 67.5 Å². The summed E-state index contributed by atoms with van der Waals surface area (Å²) < 4.78 is 5.78. The average molecular weight is 405 g/mol. The summed E-state index contributed by atoms with van der Waals surface area (Å²) in [6.07, 6.45) is 2.89. The lowest BCUT2D eigenvalue weighted by atomic mass is 10.1. The van der Waals surface area contributed by atoms with Crippen molar-refractivity contribution in [1.29, 1.82) is 0 Å². The molecule has 30 heavy (non-hydrogen) atoms. The summed E-state index contributed by atoms with van der Waals surface area (Å²) in [4.78, 5) is 30.8. The number of nitrogens with one attached hydrogen (secondary N) is 1. The first-order chi connectivity index (χ1) is 14.5. The maximum absolute atomic E-state index is 13.3. The molecule has 0 radical (unpaired) electrons. The Morgan fingerprint density at radius 3 is 2.80 bits per heavy atom. The highest BCUT2D eigenvalue weighted by atomic mass is 16.5. The lowest BCUT2D eigenvalue weighted by Gasteiger charge is -2.25. The van der Waals surface area contributed by atoms with Gasteiger partial charge in [-0.3, -0.25) is 9.59 Å². The summed E-state index contributed by atoms with van der Waals surface area (Å²) in [6, 6.07) is 15.6. The molecule has 0 saturated carbocycles. The fourth-order valence-electron chi connectivity index (χ4n) is 4.06. The van der Waals surface area contributed by atoms with E-state index < -0.39 is 0 Å². The van der Waals surface area contributed by atoms with E-state index in [0.717, 1.165) is 42.3 Å². The molecule has 1 atom stereocenters. The topological polar surface area (TPSA) is 62.4 Å². The number of amides is 1. The molecule has 1 aromatic heterocycles. The normalized spacial score (nSPS) is 16.1. The SMILES string of the molecule is CCc1ccc2[nH]c(=O)c(CN(CC3CCCO3)C(=O)c3cccc(C)c3)cc2c1. The van der Waals surface area contributed by atoms with Crippen LogP contribution in [0.1, 0.15) is 46.8 Å². The second kappa shape index (κ2) is 8.84. The van der Waals surface area contributed by atoms with Gasteiger partial charge in [0, 0.05) is 29.8 Å². The van der Waals surface area contributed by atoms with Crippen LogP contribution in [0.5, 0.6) is 0 Å². The minimum atomic E-state index is -0.152. The zero-order chi connectivity index (χ0) is 21.1. The molecule has 5 nitrogen and oxygen atoms in total. The Hall–Kier alpha value is -2.92. The van der Waals surface area contributed by atoms with E-state index in [-0.39, 0.29) is 24.1 Å². The third-order valence-corrected chi connectivity index (χ3v) is 5.76. The summed E-state index contributed by atoms with van der Waals surface area (Å²) in [5.41, 5.74) is 4.15. The van der Waals surface area contributed by atoms with Crippen LogP contribution in [-0.4, -0.2) is 35.0 Å². The van der Waals surface area contributed by atoms with E-state index in [4.69, 9.17) is 4.74 Å². The van der Waals surface area contributed by atoms with E-state index in [9.17, 15) is 9.59 Å². The van der Waals surface area contributed by atoms with Crippen molar-refractivity contribution < 1.29 is 9.53 Å². The quantitative estimate of drug-likeness (QED) is 0.669. The predicted molar refractivity (Wildman–Crippen MR) is 119 cm³/mol. The van der Waals surface area contributed by atoms with E-state index in [1.165, 1.54) is 5.56 Å². The van der Waals surface area contributed by atoms with Gasteiger partial charge in [0.05, 0.1) is 12.6 Å². The zero-order valence-corrected chi connectivity index (χ0v) is 17.6. The molecule has 1 amide bonds. The fourth-order valence-corrected chi connectivity index (χ4v) is 4.06. The fraction of sp³-hybridized carbons (Fsp3) is 0.360. The Labute approximate surface area is 176 Å². The van der Waals surface area contributed by atoms with Crippen LogP contribution in [0.25, 0.3) is 10.9 Å². The molecule has 156 valence electrons. The van der Waals surface area contributed by atoms with Crippen LogP contribution in [-0.2, 0) is 17.7 Å². The number of pyridine rings is 1. The average Bonchev–Trinajstić information content (AvgIpc) is 3.26. The van der Waals surface area contributed by atoms with Gasteiger partial charge in [0.1, 0.15) is 0 Å². The third-order valence-electron chi connectivity index (χ3n) is 5.76. The lowest BCUT2D eigenvalue weighted by molar-refractivity contribution is 0.0506. The van der Waals surface area contributed by atoms with Crippen LogP contribution in [0.15, 0.2) is 53.3 Å². The molecule has 2 aromatic carbocycles. The largest absolute Gasteiger partial charge is 0.376 e. The lowest BCUT2D eigenvalue weighted by Crippen LogP contribution is -2.38. The number of aromatic nitrogens is 1. The summed E-state index contributed by atoms with van der Waals surface area (Å²) >= 11 is 0. The van der Waals surface area contributed by atoms with Gasteiger partial charge in [-0.1, -0.05) is 30.7 Å². The number of hydrogen-bond donors (Lipinski definition) is 1. The summed E-state index contributed by atoms with van der Waals surface area (Å²) in [5.74, 6) is -0.0731. The molecule has 5 heteroatoms. The number of aryl methyl sites for hydroxylation is 2. The summed E-state index contributed by atoms with van der Waals surface area (Å²) in [7, 11) is 0. The first kappa shape index (κ1) is 20.4. The summed E-state index contributed by atoms with van der Waals surface area (Å²) in [5, 5.41) is 0.990. The molecular formula is C25H28N2O3. The van der Waals surface area contributed by atoms with Crippen molar-refractivity contribution in [2.24, 2.45) is 0 Å². The van der Waals surface area contributed by atoms with Crippen molar-refractivity contribution in [3.05, 3.63) is 81.1 Å². The smallest absolute Gasteiger partial charge is 0.254 e. The standard InChI is InChI=1S/C25H28N2O3/c1-3-18-9-10-23-20(13-18)14-21(24(28)26-23)15-27(16-22-8-5-11-30-22)25(29)19-7-4-6-17(2)12-19/h4,6-7,9-10,12-14,22H,3,5,8,11,15-16H2,1-2H3,(H,26,28). The molecule has 0 bridgehead atoms. The van der Waals surface area contributed by atoms with Crippen molar-refractivity contribution in [2.45, 2.75) is 45.8 Å². The minimum Gasteiger partial charge on any atom is -0.376 e. The van der Waals surface area contributed by atoms with Crippen LogP contribution in [0.4, 0.5) is 0 Å². The van der Waals surface area contributed by atoms with E-state index >= 15 is 0 Å². The van der Waals surface area contributed by atoms with Gasteiger partial charge < -0.3 is 14.6 Å². The molecule has 1 aliphatic heterocycles. The highest BCUT2D eigenvalue weighted by Gasteiger charge is 2.24. The van der Waals surface area contributed by atoms with Gasteiger partial charge in [0.2, 0.25) is 0 Å². The van der Waals surface area contributed by atoms with Crippen molar-refractivity contribution >= 4 is 16.8 Å². The molecule has 1 fully saturated rings. The van der Waals surface area contributed by atoms with Crippen LogP contribution >= 0.6 is 0 Å². The Morgan fingerprint density at radius 1 is 1.20 bits per heavy atom. The van der Waals surface area contributed by atoms with Crippen molar-refractivity contribution in [2.75, 3.05) is 13.2 Å². The van der Waals surface area contributed by atoms with Gasteiger partial charge in [0.25, 0.3) is 11.5 Å². The Balaban J connectivity index is 1.67. The molecule has 3 aromatic rings. The number of ether oxygens (including phenoxy) is 1. The van der Waals surface area contributed by atoms with Crippen LogP contribution in [0.3, 0.4) is 0 Å². The highest BCUT2D eigenvalue weighted by molar-refractivity contribution is 5.94. The van der Waals surface area contributed by atoms with Crippen LogP contribution in [0.2, 0.25) is 0 Å². The van der Waals surface area contributed by atoms with E-state index in [1.54, 1.807) is 4.90 Å². The van der Waals surface area contributed by atoms with Crippen LogP contribution in [0, 0.1) is 6.92 Å². The highest BCUT2D eigenvalue weighted by Crippen LogP contribution is 2.19. The van der Waals surface area contributed by atoms with Gasteiger partial charge in [-0.2, -0.15) is 0 Å². The number of carbonyl (C=O) groups is 1.